The molecule has 0 aromatic heterocycles. The smallest absolute Gasteiger partial charge is 0.0992 e. The molecule has 1 aromatic carbocycles. The van der Waals surface area contributed by atoms with E-state index in [2.05, 4.69) is 15.9 Å². The molecule has 4 heteroatoms. The van der Waals surface area contributed by atoms with E-state index in [1.165, 1.54) is 32.4 Å². The number of rotatable bonds is 3. The van der Waals surface area contributed by atoms with Gasteiger partial charge >= 0.3 is 0 Å². The van der Waals surface area contributed by atoms with Gasteiger partial charge in [0.15, 0.2) is 0 Å². The molecule has 112 valence electrons. The highest BCUT2D eigenvalue weighted by molar-refractivity contribution is 5.59. The summed E-state index contributed by atoms with van der Waals surface area (Å²) in [5, 5.41) is 19.1. The molecule has 4 nitrogen and oxygen atoms in total. The summed E-state index contributed by atoms with van der Waals surface area (Å²) in [7, 11) is 0. The molecular weight excluding hydrogens is 262 g/mol. The number of nitriles is 1. The van der Waals surface area contributed by atoms with Gasteiger partial charge in [-0.2, -0.15) is 5.26 Å². The van der Waals surface area contributed by atoms with Crippen molar-refractivity contribution in [2.75, 3.05) is 31.1 Å². The third-order valence-electron chi connectivity index (χ3n) is 4.77. The van der Waals surface area contributed by atoms with Crippen molar-refractivity contribution in [3.8, 4) is 6.07 Å². The molecule has 2 saturated heterocycles. The number of likely N-dealkylation sites (tertiary alicyclic amines) is 1. The minimum absolute atomic E-state index is 0.501. The molecule has 2 heterocycles. The molecular formula is C17H23N3O. The van der Waals surface area contributed by atoms with Crippen molar-refractivity contribution in [3.05, 3.63) is 29.3 Å². The minimum Gasteiger partial charge on any atom is -0.389 e. The van der Waals surface area contributed by atoms with E-state index in [9.17, 15) is 5.11 Å². The Balaban J connectivity index is 1.81. The van der Waals surface area contributed by atoms with E-state index in [-0.39, 0.29) is 0 Å². The fraction of sp³-hybridized carbons (Fsp3) is 0.588. The third-order valence-corrected chi connectivity index (χ3v) is 4.77. The lowest BCUT2D eigenvalue weighted by Gasteiger charge is -2.26. The van der Waals surface area contributed by atoms with Gasteiger partial charge in [0.1, 0.15) is 0 Å². The summed E-state index contributed by atoms with van der Waals surface area (Å²) in [4.78, 5) is 4.93. The van der Waals surface area contributed by atoms with Crippen molar-refractivity contribution in [3.63, 3.8) is 0 Å². The Morgan fingerprint density at radius 2 is 2.05 bits per heavy atom. The van der Waals surface area contributed by atoms with Gasteiger partial charge in [-0.3, -0.25) is 4.90 Å². The van der Waals surface area contributed by atoms with Gasteiger partial charge in [0.05, 0.1) is 17.7 Å². The summed E-state index contributed by atoms with van der Waals surface area (Å²) < 4.78 is 0. The van der Waals surface area contributed by atoms with Crippen LogP contribution in [-0.2, 0) is 0 Å². The normalized spacial score (nSPS) is 24.2. The minimum atomic E-state index is -0.501. The van der Waals surface area contributed by atoms with Crippen molar-refractivity contribution in [1.82, 2.24) is 4.90 Å². The largest absolute Gasteiger partial charge is 0.389 e. The first-order valence-corrected chi connectivity index (χ1v) is 7.90. The Morgan fingerprint density at radius 3 is 2.71 bits per heavy atom. The molecule has 0 bridgehead atoms. The van der Waals surface area contributed by atoms with Crippen LogP contribution in [0.15, 0.2) is 18.2 Å². The second-order valence-electron chi connectivity index (χ2n) is 6.19. The zero-order chi connectivity index (χ0) is 14.8. The van der Waals surface area contributed by atoms with E-state index in [4.69, 9.17) is 5.26 Å². The van der Waals surface area contributed by atoms with Gasteiger partial charge in [-0.1, -0.05) is 6.07 Å². The quantitative estimate of drug-likeness (QED) is 0.925. The highest BCUT2D eigenvalue weighted by Crippen LogP contribution is 2.32. The number of aliphatic hydroxyl groups excluding tert-OH is 1. The van der Waals surface area contributed by atoms with Gasteiger partial charge in [-0.15, -0.1) is 0 Å². The summed E-state index contributed by atoms with van der Waals surface area (Å²) in [6.07, 6.45) is 3.31. The second kappa shape index (κ2) is 6.05. The topological polar surface area (TPSA) is 50.5 Å². The Morgan fingerprint density at radius 1 is 1.29 bits per heavy atom. The molecule has 0 radical (unpaired) electrons. The van der Waals surface area contributed by atoms with Gasteiger partial charge in [-0.05, 0) is 51.4 Å². The average Bonchev–Trinajstić information content (AvgIpc) is 3.17. The Labute approximate surface area is 126 Å². The van der Waals surface area contributed by atoms with Crippen molar-refractivity contribution in [1.29, 1.82) is 5.26 Å². The first-order chi connectivity index (χ1) is 10.2. The van der Waals surface area contributed by atoms with Crippen molar-refractivity contribution >= 4 is 5.69 Å². The molecule has 0 amide bonds. The van der Waals surface area contributed by atoms with Gasteiger partial charge in [0, 0.05) is 30.4 Å². The van der Waals surface area contributed by atoms with E-state index < -0.39 is 6.10 Å². The van der Waals surface area contributed by atoms with Crippen LogP contribution in [0.5, 0.6) is 0 Å². The van der Waals surface area contributed by atoms with Gasteiger partial charge < -0.3 is 10.0 Å². The van der Waals surface area contributed by atoms with E-state index in [0.717, 1.165) is 24.3 Å². The van der Waals surface area contributed by atoms with Crippen LogP contribution >= 0.6 is 0 Å². The molecule has 0 saturated carbocycles. The maximum atomic E-state index is 9.99. The maximum absolute atomic E-state index is 9.99. The molecule has 1 N–H and O–H groups in total. The van der Waals surface area contributed by atoms with Crippen LogP contribution in [-0.4, -0.2) is 42.2 Å². The number of hydrogen-bond acceptors (Lipinski definition) is 4. The Hall–Kier alpha value is -1.57. The summed E-state index contributed by atoms with van der Waals surface area (Å²) in [6.45, 7) is 6.25. The highest BCUT2D eigenvalue weighted by Gasteiger charge is 2.30. The van der Waals surface area contributed by atoms with Crippen molar-refractivity contribution in [2.24, 2.45) is 0 Å². The molecule has 1 unspecified atom stereocenters. The standard InChI is InChI=1S/C17H23N3O/c1-13(21)16-5-4-14(11-18)10-17(16)20-9-6-15(12-20)19-7-2-3-8-19/h4-5,10,13,15,21H,2-3,6-9,12H2,1H3/t13-,15?/m1/s1. The fourth-order valence-corrected chi connectivity index (χ4v) is 3.61. The van der Waals surface area contributed by atoms with Crippen LogP contribution in [0.4, 0.5) is 5.69 Å². The number of aliphatic hydroxyl groups is 1. The molecule has 2 fully saturated rings. The average molecular weight is 285 g/mol. The maximum Gasteiger partial charge on any atom is 0.0992 e. The van der Waals surface area contributed by atoms with Crippen LogP contribution in [0.25, 0.3) is 0 Å². The lowest BCUT2D eigenvalue weighted by atomic mass is 10.0. The molecule has 2 aliphatic heterocycles. The third kappa shape index (κ3) is 2.90. The lowest BCUT2D eigenvalue weighted by molar-refractivity contribution is 0.199. The highest BCUT2D eigenvalue weighted by atomic mass is 16.3. The number of anilines is 1. The number of hydrogen-bond donors (Lipinski definition) is 1. The SMILES string of the molecule is C[C@@H](O)c1ccc(C#N)cc1N1CCC(N2CCCC2)C1. The first kappa shape index (κ1) is 14.4. The molecule has 21 heavy (non-hydrogen) atoms. The first-order valence-electron chi connectivity index (χ1n) is 7.90. The molecule has 0 spiro atoms. The zero-order valence-corrected chi connectivity index (χ0v) is 12.6. The van der Waals surface area contributed by atoms with Crippen molar-refractivity contribution < 1.29 is 5.11 Å². The van der Waals surface area contributed by atoms with Crippen LogP contribution in [0, 0.1) is 11.3 Å². The molecule has 1 aromatic rings. The van der Waals surface area contributed by atoms with Gasteiger partial charge in [0.25, 0.3) is 0 Å². The van der Waals surface area contributed by atoms with Crippen LogP contribution in [0.3, 0.4) is 0 Å². The van der Waals surface area contributed by atoms with E-state index in [1.54, 1.807) is 13.0 Å². The van der Waals surface area contributed by atoms with Crippen molar-refractivity contribution in [2.45, 2.75) is 38.3 Å². The van der Waals surface area contributed by atoms with Crippen LogP contribution in [0.1, 0.15) is 43.4 Å². The molecule has 0 aliphatic carbocycles. The zero-order valence-electron chi connectivity index (χ0n) is 12.6. The summed E-state index contributed by atoms with van der Waals surface area (Å²) in [5.74, 6) is 0. The predicted molar refractivity (Wildman–Crippen MR) is 83.2 cm³/mol. The summed E-state index contributed by atoms with van der Waals surface area (Å²) in [5.41, 5.74) is 2.63. The Kier molecular flexibility index (Phi) is 4.14. The number of benzene rings is 1. The molecule has 2 aliphatic rings. The fourth-order valence-electron chi connectivity index (χ4n) is 3.61. The lowest BCUT2D eigenvalue weighted by Crippen LogP contribution is -2.35. The van der Waals surface area contributed by atoms with Gasteiger partial charge in [-0.25, -0.2) is 0 Å². The molecule has 2 atom stereocenters. The van der Waals surface area contributed by atoms with Crippen LogP contribution in [0.2, 0.25) is 0 Å². The van der Waals surface area contributed by atoms with E-state index in [0.29, 0.717) is 11.6 Å². The molecule has 3 rings (SSSR count). The van der Waals surface area contributed by atoms with E-state index >= 15 is 0 Å². The monoisotopic (exact) mass is 285 g/mol. The second-order valence-corrected chi connectivity index (χ2v) is 6.19. The van der Waals surface area contributed by atoms with Crippen LogP contribution < -0.4 is 4.90 Å². The summed E-state index contributed by atoms with van der Waals surface area (Å²) >= 11 is 0. The Bertz CT molecular complexity index is 543. The number of nitrogens with zero attached hydrogens (tertiary/aromatic N) is 3. The predicted octanol–water partition coefficient (Wildman–Crippen LogP) is 2.29. The van der Waals surface area contributed by atoms with Gasteiger partial charge in [0.2, 0.25) is 0 Å². The van der Waals surface area contributed by atoms with E-state index in [1.807, 2.05) is 12.1 Å². The summed E-state index contributed by atoms with van der Waals surface area (Å²) in [6, 6.07) is 8.44.